The minimum Gasteiger partial charge on any atom is -0.493 e. The molecule has 0 atom stereocenters. The van der Waals surface area contributed by atoms with Crippen molar-refractivity contribution >= 4 is 16.9 Å². The van der Waals surface area contributed by atoms with Gasteiger partial charge in [-0.2, -0.15) is 0 Å². The molecule has 1 N–H and O–H groups in total. The Bertz CT molecular complexity index is 1490. The van der Waals surface area contributed by atoms with Crippen molar-refractivity contribution in [3.05, 3.63) is 77.1 Å². The molecule has 0 spiro atoms. The van der Waals surface area contributed by atoms with Crippen LogP contribution in [-0.2, 0) is 13.0 Å². The monoisotopic (exact) mass is 587 g/mol. The second-order valence-electron chi connectivity index (χ2n) is 11.0. The Kier molecular flexibility index (Phi) is 11.3. The number of nitrogens with zero attached hydrogens (tertiary/aromatic N) is 2. The van der Waals surface area contributed by atoms with E-state index in [9.17, 15) is 4.79 Å². The number of fused-ring (bicyclic) bond motifs is 1. The van der Waals surface area contributed by atoms with Crippen LogP contribution in [0.4, 0.5) is 0 Å². The third-order valence-corrected chi connectivity index (χ3v) is 7.60. The number of para-hydroxylation sites is 2. The minimum absolute atomic E-state index is 0.172. The van der Waals surface area contributed by atoms with Crippen LogP contribution in [0, 0.1) is 6.92 Å². The molecule has 0 saturated carbocycles. The van der Waals surface area contributed by atoms with E-state index in [1.807, 2.05) is 6.07 Å². The van der Waals surface area contributed by atoms with E-state index in [1.165, 1.54) is 25.3 Å². The molecule has 230 valence electrons. The summed E-state index contributed by atoms with van der Waals surface area (Å²) in [4.78, 5) is 17.7. The van der Waals surface area contributed by atoms with Gasteiger partial charge >= 0.3 is 0 Å². The summed E-state index contributed by atoms with van der Waals surface area (Å²) in [7, 11) is 4.61. The van der Waals surface area contributed by atoms with Gasteiger partial charge in [0.2, 0.25) is 5.75 Å². The van der Waals surface area contributed by atoms with E-state index in [-0.39, 0.29) is 5.91 Å². The van der Waals surface area contributed by atoms with Crippen LogP contribution in [0.5, 0.6) is 23.0 Å². The minimum atomic E-state index is -0.172. The van der Waals surface area contributed by atoms with Crippen molar-refractivity contribution in [3.8, 4) is 23.0 Å². The molecule has 43 heavy (non-hydrogen) atoms. The first-order chi connectivity index (χ1) is 20.9. The van der Waals surface area contributed by atoms with Gasteiger partial charge < -0.3 is 28.8 Å². The molecular weight excluding hydrogens is 542 g/mol. The molecular formula is C35H45N3O5. The summed E-state index contributed by atoms with van der Waals surface area (Å²) in [6.07, 6.45) is 4.62. The SMILES string of the molecule is COc1cc(C(=O)NCCCCCc2nc3ccccc3n2CCCOc2cc(C)ccc2C(C)C)cc(OC)c1OC. The lowest BCUT2D eigenvalue weighted by atomic mass is 10.0. The molecule has 0 aliphatic rings. The Morgan fingerprint density at radius 2 is 1.63 bits per heavy atom. The summed E-state index contributed by atoms with van der Waals surface area (Å²) in [6.45, 7) is 8.59. The number of carbonyl (C=O) groups excluding carboxylic acids is 1. The van der Waals surface area contributed by atoms with Gasteiger partial charge in [0.15, 0.2) is 11.5 Å². The largest absolute Gasteiger partial charge is 0.493 e. The molecule has 0 aliphatic carbocycles. The molecule has 0 bridgehead atoms. The number of benzene rings is 3. The predicted molar refractivity (Wildman–Crippen MR) is 171 cm³/mol. The number of imidazole rings is 1. The molecule has 0 radical (unpaired) electrons. The van der Waals surface area contributed by atoms with Crippen LogP contribution in [0.25, 0.3) is 11.0 Å². The van der Waals surface area contributed by atoms with E-state index >= 15 is 0 Å². The fraction of sp³-hybridized carbons (Fsp3) is 0.429. The van der Waals surface area contributed by atoms with Crippen LogP contribution >= 0.6 is 0 Å². The van der Waals surface area contributed by atoms with Crippen LogP contribution in [0.3, 0.4) is 0 Å². The summed E-state index contributed by atoms with van der Waals surface area (Å²) in [5.74, 6) is 3.71. The molecule has 4 rings (SSSR count). The predicted octanol–water partition coefficient (Wildman–Crippen LogP) is 7.11. The van der Waals surface area contributed by atoms with Crippen LogP contribution < -0.4 is 24.3 Å². The quantitative estimate of drug-likeness (QED) is 0.141. The van der Waals surface area contributed by atoms with E-state index < -0.39 is 0 Å². The highest BCUT2D eigenvalue weighted by Crippen LogP contribution is 2.38. The van der Waals surface area contributed by atoms with Gasteiger partial charge in [0.05, 0.1) is 39.0 Å². The van der Waals surface area contributed by atoms with Gasteiger partial charge in [0.1, 0.15) is 11.6 Å². The van der Waals surface area contributed by atoms with Gasteiger partial charge in [-0.25, -0.2) is 4.98 Å². The zero-order valence-electron chi connectivity index (χ0n) is 26.4. The van der Waals surface area contributed by atoms with Crippen molar-refractivity contribution in [2.24, 2.45) is 0 Å². The van der Waals surface area contributed by atoms with E-state index in [2.05, 4.69) is 67.1 Å². The van der Waals surface area contributed by atoms with Gasteiger partial charge in [-0.1, -0.05) is 44.5 Å². The summed E-state index contributed by atoms with van der Waals surface area (Å²) >= 11 is 0. The summed E-state index contributed by atoms with van der Waals surface area (Å²) in [5, 5.41) is 3.01. The summed E-state index contributed by atoms with van der Waals surface area (Å²) in [6, 6.07) is 18.1. The average molecular weight is 588 g/mol. The lowest BCUT2D eigenvalue weighted by Gasteiger charge is -2.15. The number of carbonyl (C=O) groups is 1. The number of aryl methyl sites for hydroxylation is 3. The van der Waals surface area contributed by atoms with Gasteiger partial charge in [0.25, 0.3) is 5.91 Å². The van der Waals surface area contributed by atoms with Crippen molar-refractivity contribution < 1.29 is 23.7 Å². The zero-order chi connectivity index (χ0) is 30.8. The van der Waals surface area contributed by atoms with Crippen LogP contribution in [0.15, 0.2) is 54.6 Å². The number of hydrogen-bond donors (Lipinski definition) is 1. The van der Waals surface area contributed by atoms with Gasteiger partial charge in [-0.15, -0.1) is 0 Å². The molecule has 0 unspecified atom stereocenters. The highest BCUT2D eigenvalue weighted by Gasteiger charge is 2.17. The van der Waals surface area contributed by atoms with E-state index in [0.29, 0.717) is 41.9 Å². The molecule has 1 amide bonds. The number of aromatic nitrogens is 2. The molecule has 8 heteroatoms. The number of unbranched alkanes of at least 4 members (excludes halogenated alkanes) is 2. The maximum Gasteiger partial charge on any atom is 0.251 e. The first-order valence-corrected chi connectivity index (χ1v) is 15.1. The zero-order valence-corrected chi connectivity index (χ0v) is 26.4. The number of rotatable bonds is 16. The molecule has 0 aliphatic heterocycles. The molecule has 0 saturated heterocycles. The maximum atomic E-state index is 12.8. The van der Waals surface area contributed by atoms with Gasteiger partial charge in [-0.05, 0) is 73.6 Å². The van der Waals surface area contributed by atoms with Crippen molar-refractivity contribution in [3.63, 3.8) is 0 Å². The molecule has 3 aromatic carbocycles. The first-order valence-electron chi connectivity index (χ1n) is 15.1. The van der Waals surface area contributed by atoms with Crippen molar-refractivity contribution in [2.45, 2.75) is 65.3 Å². The first kappa shape index (κ1) is 31.7. The molecule has 8 nitrogen and oxygen atoms in total. The van der Waals surface area contributed by atoms with Gasteiger partial charge in [0, 0.05) is 25.1 Å². The van der Waals surface area contributed by atoms with Gasteiger partial charge in [-0.3, -0.25) is 4.79 Å². The average Bonchev–Trinajstić information content (AvgIpc) is 3.36. The number of ether oxygens (including phenoxy) is 4. The Hall–Kier alpha value is -4.20. The summed E-state index contributed by atoms with van der Waals surface area (Å²) in [5.41, 5.74) is 5.11. The molecule has 0 fully saturated rings. The van der Waals surface area contributed by atoms with Crippen molar-refractivity contribution in [2.75, 3.05) is 34.5 Å². The molecule has 4 aromatic rings. The Balaban J connectivity index is 1.28. The Morgan fingerprint density at radius 3 is 2.33 bits per heavy atom. The standard InChI is InChI=1S/C35H45N3O5/c1-24(2)27-17-16-25(3)21-30(27)43-20-12-19-38-29-14-10-9-13-28(29)37-33(38)15-8-7-11-18-36-35(39)26-22-31(40-4)34(42-6)32(23-26)41-5/h9-10,13-14,16-17,21-24H,7-8,11-12,15,18-20H2,1-6H3,(H,36,39). The Labute approximate surface area is 255 Å². The summed E-state index contributed by atoms with van der Waals surface area (Å²) < 4.78 is 24.7. The lowest BCUT2D eigenvalue weighted by Crippen LogP contribution is -2.24. The normalized spacial score (nSPS) is 11.1. The van der Waals surface area contributed by atoms with E-state index in [1.54, 1.807) is 19.2 Å². The fourth-order valence-corrected chi connectivity index (χ4v) is 5.32. The third-order valence-electron chi connectivity index (χ3n) is 7.60. The van der Waals surface area contributed by atoms with E-state index in [0.717, 1.165) is 61.3 Å². The van der Waals surface area contributed by atoms with Crippen LogP contribution in [0.1, 0.15) is 72.8 Å². The topological polar surface area (TPSA) is 83.8 Å². The number of nitrogens with one attached hydrogen (secondary N) is 1. The third kappa shape index (κ3) is 8.00. The van der Waals surface area contributed by atoms with Crippen molar-refractivity contribution in [1.29, 1.82) is 0 Å². The molecule has 1 aromatic heterocycles. The second-order valence-corrected chi connectivity index (χ2v) is 11.0. The fourth-order valence-electron chi connectivity index (χ4n) is 5.32. The number of hydrogen-bond acceptors (Lipinski definition) is 6. The maximum absolute atomic E-state index is 12.8. The lowest BCUT2D eigenvalue weighted by molar-refractivity contribution is 0.0952. The smallest absolute Gasteiger partial charge is 0.251 e. The van der Waals surface area contributed by atoms with Crippen molar-refractivity contribution in [1.82, 2.24) is 14.9 Å². The Morgan fingerprint density at radius 1 is 0.884 bits per heavy atom. The highest BCUT2D eigenvalue weighted by molar-refractivity contribution is 5.95. The number of methoxy groups -OCH3 is 3. The molecule has 1 heterocycles. The van der Waals surface area contributed by atoms with E-state index in [4.69, 9.17) is 23.9 Å². The second kappa shape index (κ2) is 15.3. The van der Waals surface area contributed by atoms with Crippen LogP contribution in [0.2, 0.25) is 0 Å². The van der Waals surface area contributed by atoms with Crippen LogP contribution in [-0.4, -0.2) is 49.9 Å². The highest BCUT2D eigenvalue weighted by atomic mass is 16.5. The number of amides is 1.